The number of ether oxygens (including phenoxy) is 6. The van der Waals surface area contributed by atoms with Crippen LogP contribution in [-0.4, -0.2) is 31.6 Å². The van der Waals surface area contributed by atoms with Crippen molar-refractivity contribution in [2.45, 2.75) is 18.5 Å². The first-order valence-electron chi connectivity index (χ1n) is 9.02. The van der Waals surface area contributed by atoms with Gasteiger partial charge in [-0.2, -0.15) is 0 Å². The van der Waals surface area contributed by atoms with E-state index < -0.39 is 6.29 Å². The highest BCUT2D eigenvalue weighted by atomic mass is 16.7. The predicted octanol–water partition coefficient (Wildman–Crippen LogP) is 2.54. The van der Waals surface area contributed by atoms with E-state index in [2.05, 4.69) is 0 Å². The van der Waals surface area contributed by atoms with Gasteiger partial charge in [0.05, 0.1) is 18.8 Å². The molecule has 5 atom stereocenters. The molecular weight excluding hydrogens is 352 g/mol. The van der Waals surface area contributed by atoms with Crippen LogP contribution in [0, 0.1) is 11.8 Å². The summed E-state index contributed by atoms with van der Waals surface area (Å²) < 4.78 is 33.7. The van der Waals surface area contributed by atoms with Crippen molar-refractivity contribution in [3.63, 3.8) is 0 Å². The first-order valence-corrected chi connectivity index (χ1v) is 9.02. The van der Waals surface area contributed by atoms with Gasteiger partial charge in [-0.1, -0.05) is 12.1 Å². The molecule has 2 aromatic carbocycles. The Kier molecular flexibility index (Phi) is 3.32. The van der Waals surface area contributed by atoms with Gasteiger partial charge in [-0.05, 0) is 35.4 Å². The summed E-state index contributed by atoms with van der Waals surface area (Å²) in [7, 11) is 0. The molecule has 0 radical (unpaired) electrons. The van der Waals surface area contributed by atoms with Crippen molar-refractivity contribution in [1.29, 1.82) is 0 Å². The lowest BCUT2D eigenvalue weighted by Crippen LogP contribution is -2.22. The van der Waals surface area contributed by atoms with Crippen molar-refractivity contribution in [3.05, 3.63) is 47.5 Å². The second kappa shape index (κ2) is 5.76. The minimum Gasteiger partial charge on any atom is -0.454 e. The number of rotatable bonds is 2. The van der Waals surface area contributed by atoms with Crippen LogP contribution in [0.25, 0.3) is 0 Å². The zero-order valence-electron chi connectivity index (χ0n) is 14.4. The largest absolute Gasteiger partial charge is 0.454 e. The Morgan fingerprint density at radius 2 is 1.33 bits per heavy atom. The lowest BCUT2D eigenvalue weighted by Gasteiger charge is -2.20. The van der Waals surface area contributed by atoms with Crippen molar-refractivity contribution in [2.75, 3.05) is 20.2 Å². The maximum Gasteiger partial charge on any atom is 0.231 e. The maximum atomic E-state index is 10.6. The van der Waals surface area contributed by atoms with Gasteiger partial charge >= 0.3 is 0 Å². The molecule has 0 unspecified atom stereocenters. The lowest BCUT2D eigenvalue weighted by atomic mass is 9.84. The number of aliphatic hydroxyl groups excluding tert-OH is 1. The molecule has 2 fully saturated rings. The van der Waals surface area contributed by atoms with E-state index in [1.165, 1.54) is 0 Å². The maximum absolute atomic E-state index is 10.6. The minimum absolute atomic E-state index is 0.0517. The van der Waals surface area contributed by atoms with E-state index in [1.54, 1.807) is 0 Å². The second-order valence-corrected chi connectivity index (χ2v) is 7.17. The van der Waals surface area contributed by atoms with Crippen LogP contribution in [-0.2, 0) is 9.47 Å². The molecule has 1 N–H and O–H groups in total. The Hall–Kier alpha value is -2.48. The number of benzene rings is 2. The van der Waals surface area contributed by atoms with Crippen molar-refractivity contribution in [2.24, 2.45) is 11.8 Å². The molecule has 140 valence electrons. The van der Waals surface area contributed by atoms with E-state index in [0.717, 1.165) is 22.6 Å². The summed E-state index contributed by atoms with van der Waals surface area (Å²) in [6, 6.07) is 11.5. The quantitative estimate of drug-likeness (QED) is 0.871. The molecule has 0 amide bonds. The molecular formula is C20H18O7. The molecule has 0 spiro atoms. The van der Waals surface area contributed by atoms with Crippen LogP contribution >= 0.6 is 0 Å². The first-order chi connectivity index (χ1) is 13.3. The van der Waals surface area contributed by atoms with Crippen LogP contribution in [0.15, 0.2) is 36.4 Å². The Balaban J connectivity index is 1.30. The van der Waals surface area contributed by atoms with Gasteiger partial charge in [0, 0.05) is 11.8 Å². The molecule has 4 heterocycles. The summed E-state index contributed by atoms with van der Waals surface area (Å²) in [5, 5.41) is 10.6. The van der Waals surface area contributed by atoms with E-state index in [0.29, 0.717) is 18.1 Å². The Morgan fingerprint density at radius 3 is 2.00 bits per heavy atom. The number of hydrogen-bond donors (Lipinski definition) is 1. The highest BCUT2D eigenvalue weighted by Gasteiger charge is 2.53. The molecule has 0 aliphatic carbocycles. The van der Waals surface area contributed by atoms with Crippen LogP contribution in [0.2, 0.25) is 0 Å². The van der Waals surface area contributed by atoms with Gasteiger partial charge in [0.25, 0.3) is 0 Å². The summed E-state index contributed by atoms with van der Waals surface area (Å²) in [5.74, 6) is 2.78. The van der Waals surface area contributed by atoms with Crippen molar-refractivity contribution in [1.82, 2.24) is 0 Å². The molecule has 6 rings (SSSR count). The van der Waals surface area contributed by atoms with E-state index in [-0.39, 0.29) is 37.6 Å². The van der Waals surface area contributed by atoms with E-state index in [4.69, 9.17) is 28.4 Å². The highest BCUT2D eigenvalue weighted by molar-refractivity contribution is 5.47. The molecule has 7 heteroatoms. The minimum atomic E-state index is -0.900. The van der Waals surface area contributed by atoms with Crippen molar-refractivity contribution >= 4 is 0 Å². The molecule has 0 saturated carbocycles. The van der Waals surface area contributed by atoms with Gasteiger partial charge < -0.3 is 33.5 Å². The number of aliphatic hydroxyl groups is 1. The fraction of sp³-hybridized carbons (Fsp3) is 0.400. The molecule has 4 aliphatic rings. The third-order valence-corrected chi connectivity index (χ3v) is 5.77. The van der Waals surface area contributed by atoms with Gasteiger partial charge in [-0.25, -0.2) is 0 Å². The third kappa shape index (κ3) is 2.32. The molecule has 0 bridgehead atoms. The van der Waals surface area contributed by atoms with Crippen LogP contribution < -0.4 is 18.9 Å². The summed E-state index contributed by atoms with van der Waals surface area (Å²) in [5.41, 5.74) is 1.92. The second-order valence-electron chi connectivity index (χ2n) is 7.17. The monoisotopic (exact) mass is 370 g/mol. The summed E-state index contributed by atoms with van der Waals surface area (Å²) >= 11 is 0. The number of hydrogen-bond acceptors (Lipinski definition) is 7. The molecule has 2 saturated heterocycles. The standard InChI is InChI=1S/C20H18O7/c21-20-17-12(18(27-20)10-1-3-13-15(5-10)25-8-23-13)7-22-19(17)11-2-4-14-16(6-11)26-9-24-14/h1-6,12,17-21H,7-9H2/t12-,17+,18+,19-,20-/m1/s1. The Bertz CT molecular complexity index is 842. The van der Waals surface area contributed by atoms with Crippen LogP contribution in [0.1, 0.15) is 23.3 Å². The fourth-order valence-electron chi connectivity index (χ4n) is 4.48. The highest BCUT2D eigenvalue weighted by Crippen LogP contribution is 2.54. The molecule has 27 heavy (non-hydrogen) atoms. The van der Waals surface area contributed by atoms with Crippen LogP contribution in [0.5, 0.6) is 23.0 Å². The van der Waals surface area contributed by atoms with Crippen molar-refractivity contribution < 1.29 is 33.5 Å². The van der Waals surface area contributed by atoms with Crippen LogP contribution in [0.4, 0.5) is 0 Å². The average Bonchev–Trinajstić information content (AvgIpc) is 3.45. The van der Waals surface area contributed by atoms with E-state index in [1.807, 2.05) is 36.4 Å². The molecule has 4 aliphatic heterocycles. The van der Waals surface area contributed by atoms with E-state index in [9.17, 15) is 5.11 Å². The summed E-state index contributed by atoms with van der Waals surface area (Å²) in [6.45, 7) is 0.975. The summed E-state index contributed by atoms with van der Waals surface area (Å²) in [6.07, 6.45) is -1.40. The normalized spacial score (nSPS) is 32.7. The Morgan fingerprint density at radius 1 is 0.741 bits per heavy atom. The SMILES string of the molecule is O[C@@H]1O[C@@H](c2ccc3c(c2)OCO3)[C@@H]2CO[C@H](c3ccc4c(c3)OCO4)[C@H]21. The van der Waals surface area contributed by atoms with Crippen LogP contribution in [0.3, 0.4) is 0 Å². The summed E-state index contributed by atoms with van der Waals surface area (Å²) in [4.78, 5) is 0. The molecule has 0 aromatic heterocycles. The topological polar surface area (TPSA) is 75.6 Å². The molecule has 2 aromatic rings. The van der Waals surface area contributed by atoms with Gasteiger partial charge in [0.1, 0.15) is 0 Å². The fourth-order valence-corrected chi connectivity index (χ4v) is 4.48. The van der Waals surface area contributed by atoms with Gasteiger partial charge in [0.15, 0.2) is 29.3 Å². The first kappa shape index (κ1) is 15.6. The number of fused-ring (bicyclic) bond motifs is 3. The smallest absolute Gasteiger partial charge is 0.231 e. The van der Waals surface area contributed by atoms with Gasteiger partial charge in [0.2, 0.25) is 13.6 Å². The third-order valence-electron chi connectivity index (χ3n) is 5.77. The van der Waals surface area contributed by atoms with Gasteiger partial charge in [-0.3, -0.25) is 0 Å². The average molecular weight is 370 g/mol. The zero-order chi connectivity index (χ0) is 18.0. The van der Waals surface area contributed by atoms with Gasteiger partial charge in [-0.15, -0.1) is 0 Å². The van der Waals surface area contributed by atoms with E-state index >= 15 is 0 Å². The zero-order valence-corrected chi connectivity index (χ0v) is 14.4. The lowest BCUT2D eigenvalue weighted by molar-refractivity contribution is -0.134. The molecule has 7 nitrogen and oxygen atoms in total. The Labute approximate surface area is 155 Å². The predicted molar refractivity (Wildman–Crippen MR) is 90.6 cm³/mol. The van der Waals surface area contributed by atoms with Crippen molar-refractivity contribution in [3.8, 4) is 23.0 Å².